The van der Waals surface area contributed by atoms with Gasteiger partial charge in [0.15, 0.2) is 0 Å². The van der Waals surface area contributed by atoms with Gasteiger partial charge in [0.25, 0.3) is 11.8 Å². The molecule has 6 amide bonds. The van der Waals surface area contributed by atoms with Crippen LogP contribution in [0.4, 0.5) is 26.7 Å². The summed E-state index contributed by atoms with van der Waals surface area (Å²) in [6.07, 6.45) is 0. The number of esters is 1. The summed E-state index contributed by atoms with van der Waals surface area (Å²) in [6, 6.07) is 34.3. The second-order valence-electron chi connectivity index (χ2n) is 15.9. The molecule has 2 N–H and O–H groups in total. The fourth-order valence-corrected chi connectivity index (χ4v) is 6.89. The van der Waals surface area contributed by atoms with Crippen molar-refractivity contribution >= 4 is 46.9 Å². The summed E-state index contributed by atoms with van der Waals surface area (Å²) in [6.45, 7) is 14.8. The zero-order valence-corrected chi connectivity index (χ0v) is 35.7. The molecule has 0 radical (unpaired) electrons. The lowest BCUT2D eigenvalue weighted by molar-refractivity contribution is 0.0600. The third-order valence-electron chi connectivity index (χ3n) is 9.90. The van der Waals surface area contributed by atoms with Crippen LogP contribution in [0.1, 0.15) is 86.6 Å². The zero-order chi connectivity index (χ0) is 43.5. The summed E-state index contributed by atoms with van der Waals surface area (Å²) >= 11 is 0. The lowest BCUT2D eigenvalue weighted by Gasteiger charge is -2.28. The first-order valence-electron chi connectivity index (χ1n) is 20.1. The average Bonchev–Trinajstić information content (AvgIpc) is 3.22. The minimum atomic E-state index is -0.621. The molecule has 0 spiro atoms. The van der Waals surface area contributed by atoms with Crippen molar-refractivity contribution in [2.45, 2.75) is 61.6 Å². The highest BCUT2D eigenvalue weighted by Crippen LogP contribution is 2.27. The molecule has 0 aliphatic heterocycles. The molecule has 11 nitrogen and oxygen atoms in total. The van der Waals surface area contributed by atoms with Crippen LogP contribution in [0.15, 0.2) is 115 Å². The Kier molecular flexibility index (Phi) is 15.0. The van der Waals surface area contributed by atoms with Gasteiger partial charge in [0, 0.05) is 54.4 Å². The minimum absolute atomic E-state index is 0.0129. The van der Waals surface area contributed by atoms with Gasteiger partial charge >= 0.3 is 18.0 Å². The van der Waals surface area contributed by atoms with E-state index in [9.17, 15) is 24.0 Å². The molecule has 0 bridgehead atoms. The zero-order valence-electron chi connectivity index (χ0n) is 35.7. The fraction of sp³-hybridized carbons (Fsp3) is 0.286. The first-order valence-corrected chi connectivity index (χ1v) is 20.1. The van der Waals surface area contributed by atoms with Crippen molar-refractivity contribution in [2.75, 3.05) is 35.7 Å². The Morgan fingerprint density at radius 2 is 0.933 bits per heavy atom. The van der Waals surface area contributed by atoms with Crippen LogP contribution in [0.25, 0.3) is 0 Å². The number of hydrogen-bond donors (Lipinski definition) is 2. The van der Waals surface area contributed by atoms with Crippen molar-refractivity contribution in [3.63, 3.8) is 0 Å². The maximum absolute atomic E-state index is 14.1. The summed E-state index contributed by atoms with van der Waals surface area (Å²) in [4.78, 5) is 72.1. The van der Waals surface area contributed by atoms with Crippen molar-refractivity contribution in [2.24, 2.45) is 11.8 Å². The molecule has 0 aliphatic carbocycles. The third-order valence-corrected chi connectivity index (χ3v) is 9.90. The first kappa shape index (κ1) is 44.4. The van der Waals surface area contributed by atoms with Gasteiger partial charge in [-0.05, 0) is 115 Å². The van der Waals surface area contributed by atoms with E-state index in [0.717, 1.165) is 27.3 Å². The molecule has 0 unspecified atom stereocenters. The molecule has 0 saturated heterocycles. The number of rotatable bonds is 14. The number of benzene rings is 5. The second-order valence-corrected chi connectivity index (χ2v) is 15.9. The molecule has 0 atom stereocenters. The minimum Gasteiger partial charge on any atom is -0.465 e. The summed E-state index contributed by atoms with van der Waals surface area (Å²) in [5.74, 6) is -1.49. The van der Waals surface area contributed by atoms with Gasteiger partial charge in [-0.25, -0.2) is 14.4 Å². The number of methoxy groups -OCH3 is 1. The van der Waals surface area contributed by atoms with Gasteiger partial charge in [0.2, 0.25) is 0 Å². The lowest BCUT2D eigenvalue weighted by atomic mass is 10.1. The molecule has 5 aromatic carbocycles. The number of hydrogen-bond acceptors (Lipinski definition) is 7. The van der Waals surface area contributed by atoms with E-state index < -0.39 is 29.8 Å². The van der Waals surface area contributed by atoms with E-state index >= 15 is 0 Å². The highest BCUT2D eigenvalue weighted by Gasteiger charge is 2.28. The van der Waals surface area contributed by atoms with Crippen molar-refractivity contribution in [1.82, 2.24) is 9.80 Å². The normalized spacial score (nSPS) is 10.9. The molecule has 5 rings (SSSR count). The molecule has 0 saturated carbocycles. The van der Waals surface area contributed by atoms with Gasteiger partial charge in [-0.3, -0.25) is 19.4 Å². The molecule has 11 heteroatoms. The topological polar surface area (TPSA) is 128 Å². The standard InChI is InChI=1S/C49H55N5O6/c1-32(2)28-53(49(59)51-43-23-20-41(26-35(43)6)47(57)60-8)45(55)39-19-22-42(34(5)25-39)50-48(58)54(29-33(3)4)46(56)40-21-24-44(36(7)27-40)52(30-37-15-11-9-12-16-37)31-38-17-13-10-14-18-38/h9-27,32-33H,28-31H2,1-8H3,(H,50,58)(H,51,59). The second kappa shape index (κ2) is 20.3. The van der Waals surface area contributed by atoms with Gasteiger partial charge in [0.05, 0.1) is 12.7 Å². The van der Waals surface area contributed by atoms with Crippen molar-refractivity contribution in [1.29, 1.82) is 0 Å². The van der Waals surface area contributed by atoms with E-state index in [2.05, 4.69) is 39.8 Å². The van der Waals surface area contributed by atoms with Crippen molar-refractivity contribution in [3.8, 4) is 0 Å². The Morgan fingerprint density at radius 1 is 0.533 bits per heavy atom. The molecule has 0 heterocycles. The van der Waals surface area contributed by atoms with Gasteiger partial charge < -0.3 is 20.3 Å². The number of nitrogens with zero attached hydrogens (tertiary/aromatic N) is 3. The summed E-state index contributed by atoms with van der Waals surface area (Å²) in [5.41, 5.74) is 7.26. The maximum atomic E-state index is 14.1. The number of amides is 6. The molecule has 0 aliphatic rings. The van der Waals surface area contributed by atoms with Crippen LogP contribution in [0.3, 0.4) is 0 Å². The van der Waals surface area contributed by atoms with Crippen molar-refractivity contribution in [3.05, 3.63) is 160 Å². The summed E-state index contributed by atoms with van der Waals surface area (Å²) in [7, 11) is 1.30. The van der Waals surface area contributed by atoms with Gasteiger partial charge in [-0.15, -0.1) is 0 Å². The molecular weight excluding hydrogens is 755 g/mol. The number of imide groups is 2. The van der Waals surface area contributed by atoms with Gasteiger partial charge in [0.1, 0.15) is 0 Å². The predicted molar refractivity (Wildman–Crippen MR) is 237 cm³/mol. The van der Waals surface area contributed by atoms with Crippen LogP contribution >= 0.6 is 0 Å². The Balaban J connectivity index is 1.33. The van der Waals surface area contributed by atoms with Gasteiger partial charge in [-0.1, -0.05) is 88.4 Å². The molecule has 312 valence electrons. The third kappa shape index (κ3) is 11.5. The summed E-state index contributed by atoms with van der Waals surface area (Å²) in [5, 5.41) is 5.69. The van der Waals surface area contributed by atoms with Gasteiger partial charge in [-0.2, -0.15) is 0 Å². The van der Waals surface area contributed by atoms with Crippen LogP contribution in [0.5, 0.6) is 0 Å². The fourth-order valence-electron chi connectivity index (χ4n) is 6.89. The molecule has 5 aromatic rings. The molecule has 60 heavy (non-hydrogen) atoms. The number of nitrogens with one attached hydrogen (secondary N) is 2. The molecular formula is C49H55N5O6. The van der Waals surface area contributed by atoms with E-state index in [1.54, 1.807) is 56.3 Å². The highest BCUT2D eigenvalue weighted by molar-refractivity contribution is 6.10. The lowest BCUT2D eigenvalue weighted by Crippen LogP contribution is -2.42. The predicted octanol–water partition coefficient (Wildman–Crippen LogP) is 10.3. The number of carbonyl (C=O) groups is 5. The first-order chi connectivity index (χ1) is 28.6. The van der Waals surface area contributed by atoms with Crippen LogP contribution < -0.4 is 15.5 Å². The monoisotopic (exact) mass is 809 g/mol. The largest absolute Gasteiger partial charge is 0.465 e. The Morgan fingerprint density at radius 3 is 1.33 bits per heavy atom. The number of anilines is 3. The molecule has 0 aromatic heterocycles. The van der Waals surface area contributed by atoms with Crippen molar-refractivity contribution < 1.29 is 28.7 Å². The van der Waals surface area contributed by atoms with E-state index in [1.165, 1.54) is 12.0 Å². The van der Waals surface area contributed by atoms with E-state index in [-0.39, 0.29) is 30.5 Å². The van der Waals surface area contributed by atoms with Crippen LogP contribution in [0, 0.1) is 32.6 Å². The smallest absolute Gasteiger partial charge is 0.337 e. The quantitative estimate of drug-likeness (QED) is 0.107. The number of ether oxygens (including phenoxy) is 1. The van der Waals surface area contributed by atoms with E-state index in [4.69, 9.17) is 4.74 Å². The highest BCUT2D eigenvalue weighted by atomic mass is 16.5. The Bertz CT molecular complexity index is 2280. The summed E-state index contributed by atoms with van der Waals surface area (Å²) < 4.78 is 4.79. The number of aryl methyl sites for hydroxylation is 3. The average molecular weight is 810 g/mol. The Labute approximate surface area is 353 Å². The SMILES string of the molecule is COC(=O)c1ccc(NC(=O)N(CC(C)C)C(=O)c2ccc(NC(=O)N(CC(C)C)C(=O)c3ccc(N(Cc4ccccc4)Cc4ccccc4)c(C)c3)c(C)c2)c(C)c1. The number of urea groups is 2. The maximum Gasteiger partial charge on any atom is 0.337 e. The van der Waals surface area contributed by atoms with Crippen LogP contribution in [0.2, 0.25) is 0 Å². The molecule has 0 fully saturated rings. The van der Waals surface area contributed by atoms with E-state index in [1.807, 2.05) is 83.1 Å². The van der Waals surface area contributed by atoms with E-state index in [0.29, 0.717) is 46.7 Å². The Hall–Kier alpha value is -6.75. The van der Waals surface area contributed by atoms with Crippen LogP contribution in [-0.4, -0.2) is 59.8 Å². The van der Waals surface area contributed by atoms with Crippen LogP contribution in [-0.2, 0) is 17.8 Å². The number of carbonyl (C=O) groups excluding carboxylic acids is 5.